The maximum absolute atomic E-state index is 12.6. The molecule has 1 aromatic heterocycles. The molecule has 0 radical (unpaired) electrons. The highest BCUT2D eigenvalue weighted by molar-refractivity contribution is 7.89. The number of carboxylic acid groups (broad SMARTS) is 1. The predicted molar refractivity (Wildman–Crippen MR) is 73.1 cm³/mol. The number of primary amides is 1. The molecule has 1 saturated heterocycles. The van der Waals surface area contributed by atoms with Crippen LogP contribution in [0.1, 0.15) is 29.8 Å². The zero-order chi connectivity index (χ0) is 15.8. The van der Waals surface area contributed by atoms with Crippen molar-refractivity contribution in [3.63, 3.8) is 0 Å². The zero-order valence-corrected chi connectivity index (χ0v) is 12.3. The maximum atomic E-state index is 12.6. The molecule has 116 valence electrons. The number of nitrogens with zero attached hydrogens (tertiary/aromatic N) is 2. The Morgan fingerprint density at radius 1 is 1.38 bits per heavy atom. The van der Waals surface area contributed by atoms with Crippen molar-refractivity contribution in [2.45, 2.75) is 30.2 Å². The topological polar surface area (TPSA) is 123 Å². The Labute approximate surface area is 122 Å². The SMILES string of the molecule is Cn1cc(S(=O)(=O)N2CCCC[C@H]2C(=O)O)cc1C(N)=O. The van der Waals surface area contributed by atoms with Gasteiger partial charge < -0.3 is 15.4 Å². The molecule has 1 amide bonds. The third-order valence-electron chi connectivity index (χ3n) is 3.58. The number of hydrogen-bond donors (Lipinski definition) is 2. The van der Waals surface area contributed by atoms with Crippen LogP contribution in [0.25, 0.3) is 0 Å². The summed E-state index contributed by atoms with van der Waals surface area (Å²) in [5.41, 5.74) is 5.22. The number of carbonyl (C=O) groups excluding carboxylic acids is 1. The van der Waals surface area contributed by atoms with E-state index in [0.717, 1.165) is 4.31 Å². The van der Waals surface area contributed by atoms with E-state index in [2.05, 4.69) is 0 Å². The number of sulfonamides is 1. The number of carbonyl (C=O) groups is 2. The van der Waals surface area contributed by atoms with Crippen molar-refractivity contribution in [3.8, 4) is 0 Å². The number of aryl methyl sites for hydroxylation is 1. The third kappa shape index (κ3) is 2.79. The first-order valence-electron chi connectivity index (χ1n) is 6.46. The molecule has 21 heavy (non-hydrogen) atoms. The molecule has 0 aliphatic carbocycles. The Morgan fingerprint density at radius 2 is 2.05 bits per heavy atom. The molecule has 1 aliphatic rings. The van der Waals surface area contributed by atoms with Gasteiger partial charge in [0.2, 0.25) is 10.0 Å². The largest absolute Gasteiger partial charge is 0.480 e. The molecule has 0 spiro atoms. The number of carboxylic acids is 1. The number of piperidine rings is 1. The van der Waals surface area contributed by atoms with Crippen LogP contribution in [0.4, 0.5) is 0 Å². The van der Waals surface area contributed by atoms with Crippen LogP contribution in [-0.2, 0) is 21.9 Å². The first-order valence-corrected chi connectivity index (χ1v) is 7.90. The van der Waals surface area contributed by atoms with E-state index in [9.17, 15) is 23.1 Å². The Kier molecular flexibility index (Phi) is 4.06. The monoisotopic (exact) mass is 315 g/mol. The lowest BCUT2D eigenvalue weighted by molar-refractivity contribution is -0.142. The van der Waals surface area contributed by atoms with Gasteiger partial charge in [0.1, 0.15) is 16.6 Å². The summed E-state index contributed by atoms with van der Waals surface area (Å²) >= 11 is 0. The Morgan fingerprint density at radius 3 is 2.57 bits per heavy atom. The highest BCUT2D eigenvalue weighted by Gasteiger charge is 2.38. The Hall–Kier alpha value is -1.87. The fourth-order valence-electron chi connectivity index (χ4n) is 2.50. The number of aliphatic carboxylic acids is 1. The van der Waals surface area contributed by atoms with Gasteiger partial charge in [-0.25, -0.2) is 8.42 Å². The van der Waals surface area contributed by atoms with Crippen LogP contribution in [0.15, 0.2) is 17.2 Å². The Balaban J connectivity index is 2.43. The third-order valence-corrected chi connectivity index (χ3v) is 5.45. The second-order valence-corrected chi connectivity index (χ2v) is 6.89. The van der Waals surface area contributed by atoms with E-state index in [1.807, 2.05) is 0 Å². The van der Waals surface area contributed by atoms with Crippen LogP contribution in [0, 0.1) is 0 Å². The molecule has 1 atom stereocenters. The summed E-state index contributed by atoms with van der Waals surface area (Å²) in [6, 6.07) is 0.103. The molecular formula is C12H17N3O5S. The van der Waals surface area contributed by atoms with Crippen LogP contribution in [0.5, 0.6) is 0 Å². The lowest BCUT2D eigenvalue weighted by Crippen LogP contribution is -2.47. The average molecular weight is 315 g/mol. The van der Waals surface area contributed by atoms with Crippen molar-refractivity contribution in [1.82, 2.24) is 8.87 Å². The van der Waals surface area contributed by atoms with Gasteiger partial charge in [-0.3, -0.25) is 9.59 Å². The van der Waals surface area contributed by atoms with E-state index in [0.29, 0.717) is 12.8 Å². The quantitative estimate of drug-likeness (QED) is 0.793. The van der Waals surface area contributed by atoms with E-state index in [4.69, 9.17) is 5.73 Å². The van der Waals surface area contributed by atoms with Crippen molar-refractivity contribution >= 4 is 21.9 Å². The molecule has 1 aromatic rings. The van der Waals surface area contributed by atoms with Crippen molar-refractivity contribution in [1.29, 1.82) is 0 Å². The molecule has 1 aliphatic heterocycles. The molecule has 0 aromatic carbocycles. The molecule has 1 fully saturated rings. The lowest BCUT2D eigenvalue weighted by Gasteiger charge is -2.31. The predicted octanol–water partition coefficient (Wildman–Crippen LogP) is -0.248. The first kappa shape index (κ1) is 15.5. The van der Waals surface area contributed by atoms with Gasteiger partial charge in [-0.15, -0.1) is 0 Å². The van der Waals surface area contributed by atoms with Gasteiger partial charge in [0.05, 0.1) is 0 Å². The van der Waals surface area contributed by atoms with Crippen LogP contribution >= 0.6 is 0 Å². The normalized spacial score (nSPS) is 20.3. The van der Waals surface area contributed by atoms with Gasteiger partial charge in [-0.1, -0.05) is 0 Å². The zero-order valence-electron chi connectivity index (χ0n) is 11.5. The van der Waals surface area contributed by atoms with E-state index < -0.39 is 27.9 Å². The summed E-state index contributed by atoms with van der Waals surface area (Å²) in [5.74, 6) is -1.91. The summed E-state index contributed by atoms with van der Waals surface area (Å²) in [7, 11) is -2.46. The van der Waals surface area contributed by atoms with E-state index in [1.165, 1.54) is 23.9 Å². The Bertz CT molecular complexity index is 679. The van der Waals surface area contributed by atoms with Crippen molar-refractivity contribution in [2.75, 3.05) is 6.54 Å². The maximum Gasteiger partial charge on any atom is 0.322 e. The molecule has 2 rings (SSSR count). The highest BCUT2D eigenvalue weighted by atomic mass is 32.2. The lowest BCUT2D eigenvalue weighted by atomic mass is 10.1. The van der Waals surface area contributed by atoms with Crippen LogP contribution in [0.3, 0.4) is 0 Å². The van der Waals surface area contributed by atoms with Crippen LogP contribution < -0.4 is 5.73 Å². The second kappa shape index (κ2) is 5.49. The van der Waals surface area contributed by atoms with Gasteiger partial charge in [-0.05, 0) is 25.3 Å². The standard InChI is InChI=1S/C12H17N3O5S/c1-14-7-8(6-10(14)11(13)16)21(19,20)15-5-3-2-4-9(15)12(17)18/h6-7,9H,2-5H2,1H3,(H2,13,16)(H,17,18)/t9-/m0/s1. The van der Waals surface area contributed by atoms with Crippen molar-refractivity contribution < 1.29 is 23.1 Å². The minimum absolute atomic E-state index is 0.0532. The molecule has 0 saturated carbocycles. The van der Waals surface area contributed by atoms with E-state index >= 15 is 0 Å². The summed E-state index contributed by atoms with van der Waals surface area (Å²) < 4.78 is 27.5. The van der Waals surface area contributed by atoms with Gasteiger partial charge >= 0.3 is 5.97 Å². The molecule has 3 N–H and O–H groups in total. The average Bonchev–Trinajstić information content (AvgIpc) is 2.81. The fraction of sp³-hybridized carbons (Fsp3) is 0.500. The van der Waals surface area contributed by atoms with Gasteiger partial charge in [-0.2, -0.15) is 4.31 Å². The first-order chi connectivity index (χ1) is 9.75. The van der Waals surface area contributed by atoms with E-state index in [-0.39, 0.29) is 23.6 Å². The molecule has 2 heterocycles. The number of aromatic nitrogens is 1. The molecule has 0 unspecified atom stereocenters. The number of nitrogens with two attached hydrogens (primary N) is 1. The van der Waals surface area contributed by atoms with Crippen molar-refractivity contribution in [3.05, 3.63) is 18.0 Å². The van der Waals surface area contributed by atoms with Gasteiger partial charge in [0.15, 0.2) is 0 Å². The number of amides is 1. The summed E-state index contributed by atoms with van der Waals surface area (Å²) in [5, 5.41) is 9.18. The van der Waals surface area contributed by atoms with Crippen molar-refractivity contribution in [2.24, 2.45) is 12.8 Å². The molecule has 9 heteroatoms. The summed E-state index contributed by atoms with van der Waals surface area (Å²) in [4.78, 5) is 22.3. The van der Waals surface area contributed by atoms with Gasteiger partial charge in [0, 0.05) is 19.8 Å². The minimum atomic E-state index is -3.97. The fourth-order valence-corrected chi connectivity index (χ4v) is 4.22. The molecule has 8 nitrogen and oxygen atoms in total. The van der Waals surface area contributed by atoms with Crippen LogP contribution in [0.2, 0.25) is 0 Å². The highest BCUT2D eigenvalue weighted by Crippen LogP contribution is 2.26. The van der Waals surface area contributed by atoms with Crippen LogP contribution in [-0.4, -0.2) is 46.9 Å². The number of rotatable bonds is 4. The smallest absolute Gasteiger partial charge is 0.322 e. The molecular weight excluding hydrogens is 298 g/mol. The second-order valence-electron chi connectivity index (χ2n) is 5.00. The molecule has 0 bridgehead atoms. The summed E-state index contributed by atoms with van der Waals surface area (Å²) in [6.07, 6.45) is 2.83. The van der Waals surface area contributed by atoms with E-state index in [1.54, 1.807) is 0 Å². The summed E-state index contributed by atoms with van der Waals surface area (Å²) in [6.45, 7) is 0.153. The minimum Gasteiger partial charge on any atom is -0.480 e. The number of hydrogen-bond acceptors (Lipinski definition) is 4. The van der Waals surface area contributed by atoms with Gasteiger partial charge in [0.25, 0.3) is 5.91 Å².